The van der Waals surface area contributed by atoms with Crippen molar-refractivity contribution < 1.29 is 9.53 Å². The summed E-state index contributed by atoms with van der Waals surface area (Å²) < 4.78 is 5.05. The zero-order valence-electron chi connectivity index (χ0n) is 11.7. The fourth-order valence-corrected chi connectivity index (χ4v) is 1.87. The lowest BCUT2D eigenvalue weighted by Crippen LogP contribution is -2.46. The van der Waals surface area contributed by atoms with Gasteiger partial charge in [-0.2, -0.15) is 0 Å². The van der Waals surface area contributed by atoms with Gasteiger partial charge in [0.15, 0.2) is 0 Å². The van der Waals surface area contributed by atoms with Crippen molar-refractivity contribution in [1.82, 2.24) is 10.3 Å². The Bertz CT molecular complexity index is 450. The maximum Gasteiger partial charge on any atom is 0.253 e. The Morgan fingerprint density at radius 2 is 2.21 bits per heavy atom. The number of amides is 1. The predicted octanol–water partition coefficient (Wildman–Crippen LogP) is 2.32. The van der Waals surface area contributed by atoms with Crippen molar-refractivity contribution in [2.45, 2.75) is 26.3 Å². The molecule has 0 aliphatic rings. The SMILES string of the molecule is CCNc1ncc(C(=O)NC(C)(C)COC)cc1Cl. The molecule has 0 bridgehead atoms. The number of anilines is 1. The van der Waals surface area contributed by atoms with Gasteiger partial charge in [-0.05, 0) is 26.8 Å². The zero-order valence-corrected chi connectivity index (χ0v) is 12.5. The van der Waals surface area contributed by atoms with E-state index < -0.39 is 5.54 Å². The Balaban J connectivity index is 2.80. The van der Waals surface area contributed by atoms with E-state index in [9.17, 15) is 4.79 Å². The predicted molar refractivity (Wildman–Crippen MR) is 76.8 cm³/mol. The van der Waals surface area contributed by atoms with Crippen LogP contribution in [0.4, 0.5) is 5.82 Å². The quantitative estimate of drug-likeness (QED) is 0.842. The van der Waals surface area contributed by atoms with E-state index in [0.29, 0.717) is 23.0 Å². The second-order valence-electron chi connectivity index (χ2n) is 4.86. The molecule has 1 aromatic heterocycles. The molecule has 19 heavy (non-hydrogen) atoms. The van der Waals surface area contributed by atoms with Crippen molar-refractivity contribution in [3.63, 3.8) is 0 Å². The molecule has 1 aromatic rings. The van der Waals surface area contributed by atoms with Crippen molar-refractivity contribution in [3.8, 4) is 0 Å². The summed E-state index contributed by atoms with van der Waals surface area (Å²) in [6, 6.07) is 1.60. The first-order valence-corrected chi connectivity index (χ1v) is 6.48. The average molecular weight is 286 g/mol. The Morgan fingerprint density at radius 1 is 1.53 bits per heavy atom. The molecule has 0 unspecified atom stereocenters. The molecule has 0 saturated heterocycles. The number of hydrogen-bond acceptors (Lipinski definition) is 4. The van der Waals surface area contributed by atoms with E-state index in [-0.39, 0.29) is 5.91 Å². The van der Waals surface area contributed by atoms with Crippen LogP contribution in [0.2, 0.25) is 5.02 Å². The minimum Gasteiger partial charge on any atom is -0.382 e. The van der Waals surface area contributed by atoms with Gasteiger partial charge < -0.3 is 15.4 Å². The van der Waals surface area contributed by atoms with Crippen molar-refractivity contribution in [2.75, 3.05) is 25.6 Å². The normalized spacial score (nSPS) is 11.2. The lowest BCUT2D eigenvalue weighted by molar-refractivity contribution is 0.0819. The van der Waals surface area contributed by atoms with Crippen LogP contribution in [0, 0.1) is 0 Å². The minimum absolute atomic E-state index is 0.223. The van der Waals surface area contributed by atoms with Crippen molar-refractivity contribution in [2.24, 2.45) is 0 Å². The second-order valence-corrected chi connectivity index (χ2v) is 5.26. The highest BCUT2D eigenvalue weighted by Crippen LogP contribution is 2.20. The molecule has 106 valence electrons. The molecular weight excluding hydrogens is 266 g/mol. The number of rotatable bonds is 6. The van der Waals surface area contributed by atoms with Crippen LogP contribution in [0.5, 0.6) is 0 Å². The summed E-state index contributed by atoms with van der Waals surface area (Å²) in [5.74, 6) is 0.358. The lowest BCUT2D eigenvalue weighted by Gasteiger charge is -2.25. The number of carbonyl (C=O) groups excluding carboxylic acids is 1. The smallest absolute Gasteiger partial charge is 0.253 e. The number of aromatic nitrogens is 1. The number of hydrogen-bond donors (Lipinski definition) is 2. The first-order valence-electron chi connectivity index (χ1n) is 6.10. The van der Waals surface area contributed by atoms with Crippen LogP contribution in [0.25, 0.3) is 0 Å². The van der Waals surface area contributed by atoms with Crippen LogP contribution >= 0.6 is 11.6 Å². The molecular formula is C13H20ClN3O2. The molecule has 0 radical (unpaired) electrons. The number of halogens is 1. The number of pyridine rings is 1. The third kappa shape index (κ3) is 4.69. The van der Waals surface area contributed by atoms with Crippen LogP contribution < -0.4 is 10.6 Å². The van der Waals surface area contributed by atoms with E-state index in [1.807, 2.05) is 20.8 Å². The van der Waals surface area contributed by atoms with E-state index in [4.69, 9.17) is 16.3 Å². The van der Waals surface area contributed by atoms with Crippen LogP contribution in [0.15, 0.2) is 12.3 Å². The first-order chi connectivity index (χ1) is 8.89. The zero-order chi connectivity index (χ0) is 14.5. The average Bonchev–Trinajstić information content (AvgIpc) is 2.31. The maximum atomic E-state index is 12.1. The highest BCUT2D eigenvalue weighted by atomic mass is 35.5. The van der Waals surface area contributed by atoms with Crippen LogP contribution in [-0.2, 0) is 4.74 Å². The molecule has 0 aliphatic heterocycles. The third-order valence-corrected chi connectivity index (χ3v) is 2.69. The van der Waals surface area contributed by atoms with Gasteiger partial charge in [-0.25, -0.2) is 4.98 Å². The van der Waals surface area contributed by atoms with Gasteiger partial charge in [-0.1, -0.05) is 11.6 Å². The van der Waals surface area contributed by atoms with E-state index >= 15 is 0 Å². The molecule has 2 N–H and O–H groups in total. The van der Waals surface area contributed by atoms with Crippen LogP contribution in [-0.4, -0.2) is 36.7 Å². The summed E-state index contributed by atoms with van der Waals surface area (Å²) in [4.78, 5) is 16.2. The Labute approximate surface area is 118 Å². The van der Waals surface area contributed by atoms with Gasteiger partial charge in [-0.3, -0.25) is 4.79 Å². The molecule has 1 amide bonds. The lowest BCUT2D eigenvalue weighted by atomic mass is 10.1. The van der Waals surface area contributed by atoms with Gasteiger partial charge >= 0.3 is 0 Å². The maximum absolute atomic E-state index is 12.1. The van der Waals surface area contributed by atoms with E-state index in [1.165, 1.54) is 6.20 Å². The fourth-order valence-electron chi connectivity index (χ4n) is 1.64. The van der Waals surface area contributed by atoms with Crippen LogP contribution in [0.1, 0.15) is 31.1 Å². The van der Waals surface area contributed by atoms with Crippen molar-refractivity contribution in [1.29, 1.82) is 0 Å². The molecule has 1 heterocycles. The molecule has 1 rings (SSSR count). The molecule has 0 fully saturated rings. The third-order valence-electron chi connectivity index (χ3n) is 2.40. The topological polar surface area (TPSA) is 63.2 Å². The summed E-state index contributed by atoms with van der Waals surface area (Å²) in [6.07, 6.45) is 1.50. The monoisotopic (exact) mass is 285 g/mol. The Kier molecular flexibility index (Phi) is 5.57. The van der Waals surface area contributed by atoms with Gasteiger partial charge in [-0.15, -0.1) is 0 Å². The summed E-state index contributed by atoms with van der Waals surface area (Å²) >= 11 is 6.05. The molecule has 0 aromatic carbocycles. The summed E-state index contributed by atoms with van der Waals surface area (Å²) in [7, 11) is 1.59. The molecule has 0 aliphatic carbocycles. The summed E-state index contributed by atoms with van der Waals surface area (Å²) in [5.41, 5.74) is -0.0191. The van der Waals surface area contributed by atoms with Gasteiger partial charge in [0.05, 0.1) is 22.7 Å². The number of carbonyl (C=O) groups is 1. The van der Waals surface area contributed by atoms with E-state index in [2.05, 4.69) is 15.6 Å². The van der Waals surface area contributed by atoms with Crippen molar-refractivity contribution >= 4 is 23.3 Å². The van der Waals surface area contributed by atoms with Crippen LogP contribution in [0.3, 0.4) is 0 Å². The van der Waals surface area contributed by atoms with Crippen molar-refractivity contribution in [3.05, 3.63) is 22.8 Å². The van der Waals surface area contributed by atoms with Gasteiger partial charge in [0.2, 0.25) is 0 Å². The minimum atomic E-state index is -0.446. The molecule has 6 heteroatoms. The standard InChI is InChI=1S/C13H20ClN3O2/c1-5-15-11-10(14)6-9(7-16-11)12(18)17-13(2,3)8-19-4/h6-7H,5,8H2,1-4H3,(H,15,16)(H,17,18). The van der Waals surface area contributed by atoms with Gasteiger partial charge in [0, 0.05) is 19.9 Å². The molecule has 0 atom stereocenters. The number of ether oxygens (including phenoxy) is 1. The van der Waals surface area contributed by atoms with Gasteiger partial charge in [0.1, 0.15) is 5.82 Å². The number of nitrogens with zero attached hydrogens (tertiary/aromatic N) is 1. The molecule has 0 saturated carbocycles. The number of methoxy groups -OCH3 is 1. The van der Waals surface area contributed by atoms with E-state index in [1.54, 1.807) is 13.2 Å². The second kappa shape index (κ2) is 6.73. The Hall–Kier alpha value is -1.33. The fraction of sp³-hybridized carbons (Fsp3) is 0.538. The first kappa shape index (κ1) is 15.7. The highest BCUT2D eigenvalue weighted by molar-refractivity contribution is 6.33. The number of nitrogens with one attached hydrogen (secondary N) is 2. The van der Waals surface area contributed by atoms with Gasteiger partial charge in [0.25, 0.3) is 5.91 Å². The van der Waals surface area contributed by atoms with E-state index in [0.717, 1.165) is 6.54 Å². The molecule has 0 spiro atoms. The largest absolute Gasteiger partial charge is 0.382 e. The summed E-state index contributed by atoms with van der Waals surface area (Å²) in [5, 5.41) is 6.31. The highest BCUT2D eigenvalue weighted by Gasteiger charge is 2.21. The summed E-state index contributed by atoms with van der Waals surface area (Å²) in [6.45, 7) is 6.87. The molecule has 5 nitrogen and oxygen atoms in total. The Morgan fingerprint density at radius 3 is 2.74 bits per heavy atom.